The monoisotopic (exact) mass is 182 g/mol. The first-order chi connectivity index (χ1) is 6.09. The number of aliphatic hydroxyl groups is 1. The Morgan fingerprint density at radius 2 is 2.31 bits per heavy atom. The summed E-state index contributed by atoms with van der Waals surface area (Å²) < 4.78 is 0. The van der Waals surface area contributed by atoms with Gasteiger partial charge >= 0.3 is 0 Å². The smallest absolute Gasteiger partial charge is 0.269 e. The number of hydrogen-bond donors (Lipinski definition) is 2. The van der Waals surface area contributed by atoms with Crippen LogP contribution in [0.1, 0.15) is 5.56 Å². The lowest BCUT2D eigenvalue weighted by molar-refractivity contribution is -0.384. The van der Waals surface area contributed by atoms with Crippen molar-refractivity contribution in [3.05, 3.63) is 39.9 Å². The molecule has 0 fully saturated rings. The maximum absolute atomic E-state index is 10.4. The average molecular weight is 182 g/mol. The van der Waals surface area contributed by atoms with E-state index >= 15 is 0 Å². The molecule has 0 aliphatic heterocycles. The second-order valence-corrected chi connectivity index (χ2v) is 2.70. The fourth-order valence-electron chi connectivity index (χ4n) is 1.04. The van der Waals surface area contributed by atoms with Crippen molar-refractivity contribution >= 4 is 5.69 Å². The van der Waals surface area contributed by atoms with Crippen molar-refractivity contribution in [2.24, 2.45) is 5.73 Å². The van der Waals surface area contributed by atoms with Gasteiger partial charge in [-0.3, -0.25) is 10.1 Å². The standard InChI is InChI=1S/C8H10N2O3/c9-8(11)5-6-2-1-3-7(4-6)10(12)13/h1-4,8,11H,5,9H2. The van der Waals surface area contributed by atoms with Crippen LogP contribution in [0, 0.1) is 10.1 Å². The average Bonchev–Trinajstić information content (AvgIpc) is 2.03. The summed E-state index contributed by atoms with van der Waals surface area (Å²) in [6.45, 7) is 0. The molecule has 1 rings (SSSR count). The summed E-state index contributed by atoms with van der Waals surface area (Å²) >= 11 is 0. The maximum Gasteiger partial charge on any atom is 0.269 e. The van der Waals surface area contributed by atoms with Gasteiger partial charge in [-0.05, 0) is 5.56 Å². The minimum Gasteiger partial charge on any atom is -0.378 e. The lowest BCUT2D eigenvalue weighted by Crippen LogP contribution is -2.21. The predicted molar refractivity (Wildman–Crippen MR) is 47.0 cm³/mol. The summed E-state index contributed by atoms with van der Waals surface area (Å²) in [5, 5.41) is 19.2. The number of nitro benzene ring substituents is 1. The molecule has 5 heteroatoms. The zero-order valence-electron chi connectivity index (χ0n) is 6.88. The molecule has 0 aliphatic carbocycles. The van der Waals surface area contributed by atoms with Crippen LogP contribution in [0.2, 0.25) is 0 Å². The number of rotatable bonds is 3. The number of nitrogens with zero attached hydrogens (tertiary/aromatic N) is 1. The van der Waals surface area contributed by atoms with Gasteiger partial charge in [0, 0.05) is 18.6 Å². The molecule has 0 heterocycles. The first-order valence-electron chi connectivity index (χ1n) is 3.76. The van der Waals surface area contributed by atoms with Gasteiger partial charge in [-0.2, -0.15) is 0 Å². The second kappa shape index (κ2) is 3.97. The molecule has 0 saturated heterocycles. The third-order valence-corrected chi connectivity index (χ3v) is 1.57. The molecular weight excluding hydrogens is 172 g/mol. The van der Waals surface area contributed by atoms with Crippen molar-refractivity contribution in [2.75, 3.05) is 0 Å². The first kappa shape index (κ1) is 9.63. The van der Waals surface area contributed by atoms with Crippen LogP contribution in [0.25, 0.3) is 0 Å². The van der Waals surface area contributed by atoms with E-state index in [9.17, 15) is 10.1 Å². The Morgan fingerprint density at radius 3 is 2.85 bits per heavy atom. The lowest BCUT2D eigenvalue weighted by Gasteiger charge is -2.03. The van der Waals surface area contributed by atoms with Crippen molar-refractivity contribution in [3.63, 3.8) is 0 Å². The van der Waals surface area contributed by atoms with Crippen molar-refractivity contribution < 1.29 is 10.0 Å². The molecule has 70 valence electrons. The normalized spacial score (nSPS) is 12.5. The van der Waals surface area contributed by atoms with Gasteiger partial charge in [0.2, 0.25) is 0 Å². The Balaban J connectivity index is 2.85. The van der Waals surface area contributed by atoms with Crippen molar-refractivity contribution in [1.29, 1.82) is 0 Å². The first-order valence-corrected chi connectivity index (χ1v) is 3.76. The van der Waals surface area contributed by atoms with Gasteiger partial charge in [0.15, 0.2) is 0 Å². The largest absolute Gasteiger partial charge is 0.378 e. The van der Waals surface area contributed by atoms with Gasteiger partial charge in [-0.15, -0.1) is 0 Å². The molecule has 0 saturated carbocycles. The Morgan fingerprint density at radius 1 is 1.62 bits per heavy atom. The van der Waals surface area contributed by atoms with Gasteiger partial charge < -0.3 is 10.8 Å². The minimum absolute atomic E-state index is 0.0122. The van der Waals surface area contributed by atoms with Crippen LogP contribution in [-0.2, 0) is 6.42 Å². The molecule has 5 nitrogen and oxygen atoms in total. The molecule has 1 aromatic rings. The summed E-state index contributed by atoms with van der Waals surface area (Å²) in [4.78, 5) is 9.87. The number of hydrogen-bond acceptors (Lipinski definition) is 4. The van der Waals surface area contributed by atoms with Crippen LogP contribution in [0.15, 0.2) is 24.3 Å². The van der Waals surface area contributed by atoms with E-state index in [4.69, 9.17) is 10.8 Å². The number of non-ortho nitro benzene ring substituents is 1. The molecule has 0 radical (unpaired) electrons. The van der Waals surface area contributed by atoms with E-state index in [-0.39, 0.29) is 12.1 Å². The lowest BCUT2D eigenvalue weighted by atomic mass is 10.1. The fourth-order valence-corrected chi connectivity index (χ4v) is 1.04. The van der Waals surface area contributed by atoms with E-state index in [0.29, 0.717) is 5.56 Å². The van der Waals surface area contributed by atoms with Crippen LogP contribution in [0.5, 0.6) is 0 Å². The summed E-state index contributed by atoms with van der Waals surface area (Å²) in [5.74, 6) is 0. The second-order valence-electron chi connectivity index (χ2n) is 2.70. The van der Waals surface area contributed by atoms with Crippen LogP contribution in [0.3, 0.4) is 0 Å². The quantitative estimate of drug-likeness (QED) is 0.402. The Labute approximate surface area is 74.9 Å². The Hall–Kier alpha value is -1.46. The molecular formula is C8H10N2O3. The van der Waals surface area contributed by atoms with Crippen molar-refractivity contribution in [3.8, 4) is 0 Å². The van der Waals surface area contributed by atoms with Gasteiger partial charge in [-0.1, -0.05) is 12.1 Å². The topological polar surface area (TPSA) is 89.4 Å². The highest BCUT2D eigenvalue weighted by Crippen LogP contribution is 2.13. The highest BCUT2D eigenvalue weighted by Gasteiger charge is 2.06. The van der Waals surface area contributed by atoms with E-state index in [1.807, 2.05) is 0 Å². The third kappa shape index (κ3) is 2.81. The summed E-state index contributed by atoms with van der Waals surface area (Å²) in [7, 11) is 0. The number of aliphatic hydroxyl groups excluding tert-OH is 1. The third-order valence-electron chi connectivity index (χ3n) is 1.57. The van der Waals surface area contributed by atoms with Crippen molar-refractivity contribution in [2.45, 2.75) is 12.6 Å². The molecule has 0 amide bonds. The van der Waals surface area contributed by atoms with Crippen LogP contribution in [-0.4, -0.2) is 16.3 Å². The van der Waals surface area contributed by atoms with Gasteiger partial charge in [0.25, 0.3) is 5.69 Å². The van der Waals surface area contributed by atoms with E-state index in [1.54, 1.807) is 12.1 Å². The number of nitrogens with two attached hydrogens (primary N) is 1. The highest BCUT2D eigenvalue weighted by atomic mass is 16.6. The number of benzene rings is 1. The molecule has 3 N–H and O–H groups in total. The predicted octanol–water partition coefficient (Wildman–Crippen LogP) is 0.414. The van der Waals surface area contributed by atoms with E-state index in [2.05, 4.69) is 0 Å². The van der Waals surface area contributed by atoms with E-state index < -0.39 is 11.2 Å². The zero-order valence-corrected chi connectivity index (χ0v) is 6.88. The van der Waals surface area contributed by atoms with E-state index in [1.165, 1.54) is 12.1 Å². The van der Waals surface area contributed by atoms with Crippen LogP contribution < -0.4 is 5.73 Å². The zero-order chi connectivity index (χ0) is 9.84. The molecule has 1 aromatic carbocycles. The van der Waals surface area contributed by atoms with Crippen molar-refractivity contribution in [1.82, 2.24) is 0 Å². The van der Waals surface area contributed by atoms with E-state index in [0.717, 1.165) is 0 Å². The molecule has 0 aliphatic rings. The summed E-state index contributed by atoms with van der Waals surface area (Å²) in [6.07, 6.45) is -0.746. The molecule has 0 spiro atoms. The van der Waals surface area contributed by atoms with Gasteiger partial charge in [0.05, 0.1) is 4.92 Å². The molecule has 1 atom stereocenters. The summed E-state index contributed by atoms with van der Waals surface area (Å²) in [5.41, 5.74) is 5.81. The SMILES string of the molecule is NC(O)Cc1cccc([N+](=O)[O-])c1. The summed E-state index contributed by atoms with van der Waals surface area (Å²) in [6, 6.07) is 6.04. The minimum atomic E-state index is -0.970. The van der Waals surface area contributed by atoms with Crippen LogP contribution in [0.4, 0.5) is 5.69 Å². The maximum atomic E-state index is 10.4. The molecule has 13 heavy (non-hydrogen) atoms. The highest BCUT2D eigenvalue weighted by molar-refractivity contribution is 5.34. The van der Waals surface area contributed by atoms with Gasteiger partial charge in [0.1, 0.15) is 6.23 Å². The molecule has 0 bridgehead atoms. The molecule has 1 unspecified atom stereocenters. The van der Waals surface area contributed by atoms with Gasteiger partial charge in [-0.25, -0.2) is 0 Å². The number of nitro groups is 1. The fraction of sp³-hybridized carbons (Fsp3) is 0.250. The van der Waals surface area contributed by atoms with Crippen LogP contribution >= 0.6 is 0 Å². The molecule has 0 aromatic heterocycles. The Bertz CT molecular complexity index is 312. The Kier molecular flexibility index (Phi) is 2.94.